The lowest BCUT2D eigenvalue weighted by Crippen LogP contribution is -2.30. The van der Waals surface area contributed by atoms with E-state index in [1.807, 2.05) is 11.6 Å². The lowest BCUT2D eigenvalue weighted by molar-refractivity contribution is 0.515. The highest BCUT2D eigenvalue weighted by atomic mass is 79.9. The number of rotatable bonds is 5. The molecule has 0 aliphatic heterocycles. The molecule has 1 unspecified atom stereocenters. The van der Waals surface area contributed by atoms with Gasteiger partial charge in [-0.15, -0.1) is 0 Å². The number of hydrazine groups is 1. The van der Waals surface area contributed by atoms with Crippen molar-refractivity contribution in [2.45, 2.75) is 39.8 Å². The first-order valence-corrected chi connectivity index (χ1v) is 7.60. The van der Waals surface area contributed by atoms with Crippen LogP contribution < -0.4 is 11.3 Å². The van der Waals surface area contributed by atoms with Gasteiger partial charge >= 0.3 is 0 Å². The maximum absolute atomic E-state index is 5.77. The van der Waals surface area contributed by atoms with Crippen LogP contribution in [0.5, 0.6) is 0 Å². The Hall–Kier alpha value is -1.17. The molecule has 1 heterocycles. The second-order valence-electron chi connectivity index (χ2n) is 5.02. The van der Waals surface area contributed by atoms with Gasteiger partial charge in [0.05, 0.1) is 11.7 Å². The molecule has 1 aromatic heterocycles. The quantitative estimate of drug-likeness (QED) is 0.651. The minimum absolute atomic E-state index is 0.0875. The fourth-order valence-electron chi connectivity index (χ4n) is 2.54. The van der Waals surface area contributed by atoms with E-state index in [0.717, 1.165) is 23.1 Å². The summed E-state index contributed by atoms with van der Waals surface area (Å²) in [4.78, 5) is 0. The lowest BCUT2D eigenvalue weighted by Gasteiger charge is -2.19. The van der Waals surface area contributed by atoms with Gasteiger partial charge in [-0.25, -0.2) is 0 Å². The lowest BCUT2D eigenvalue weighted by atomic mass is 9.98. The number of aryl methyl sites for hydroxylation is 3. The maximum atomic E-state index is 5.77. The summed E-state index contributed by atoms with van der Waals surface area (Å²) in [6.07, 6.45) is 0.827. The molecular formula is C15H21BrN4. The molecule has 2 aromatic rings. The van der Waals surface area contributed by atoms with Gasteiger partial charge in [0.25, 0.3) is 0 Å². The molecule has 2 rings (SSSR count). The first-order valence-electron chi connectivity index (χ1n) is 6.80. The van der Waals surface area contributed by atoms with Gasteiger partial charge in [-0.1, -0.05) is 22.0 Å². The summed E-state index contributed by atoms with van der Waals surface area (Å²) in [5, 5.41) is 4.49. The molecule has 3 N–H and O–H groups in total. The number of aromatic nitrogens is 2. The van der Waals surface area contributed by atoms with E-state index in [1.165, 1.54) is 16.8 Å². The van der Waals surface area contributed by atoms with Crippen LogP contribution in [0, 0.1) is 13.8 Å². The topological polar surface area (TPSA) is 55.9 Å². The van der Waals surface area contributed by atoms with Crippen LogP contribution in [0.2, 0.25) is 0 Å². The van der Waals surface area contributed by atoms with Crippen LogP contribution >= 0.6 is 15.9 Å². The first kappa shape index (κ1) is 15.2. The van der Waals surface area contributed by atoms with Gasteiger partial charge in [-0.2, -0.15) is 5.10 Å². The Morgan fingerprint density at radius 3 is 2.70 bits per heavy atom. The third kappa shape index (κ3) is 3.29. The Bertz CT molecular complexity index is 592. The van der Waals surface area contributed by atoms with E-state index < -0.39 is 0 Å². The molecule has 1 atom stereocenters. The van der Waals surface area contributed by atoms with Crippen LogP contribution in [0.1, 0.15) is 35.5 Å². The van der Waals surface area contributed by atoms with E-state index in [9.17, 15) is 0 Å². The molecule has 0 aliphatic rings. The summed E-state index contributed by atoms with van der Waals surface area (Å²) in [7, 11) is 0. The van der Waals surface area contributed by atoms with E-state index in [-0.39, 0.29) is 6.04 Å². The van der Waals surface area contributed by atoms with Gasteiger partial charge in [0.2, 0.25) is 0 Å². The number of benzene rings is 1. The Kier molecular flexibility index (Phi) is 4.96. The van der Waals surface area contributed by atoms with Crippen LogP contribution in [-0.2, 0) is 13.0 Å². The Morgan fingerprint density at radius 2 is 2.10 bits per heavy atom. The number of nitrogens with one attached hydrogen (secondary N) is 1. The maximum Gasteiger partial charge on any atom is 0.0596 e. The van der Waals surface area contributed by atoms with Crippen molar-refractivity contribution in [2.75, 3.05) is 0 Å². The summed E-state index contributed by atoms with van der Waals surface area (Å²) in [6, 6.07) is 8.49. The van der Waals surface area contributed by atoms with Crippen molar-refractivity contribution in [2.24, 2.45) is 5.84 Å². The minimum atomic E-state index is 0.0875. The van der Waals surface area contributed by atoms with Gasteiger partial charge in [-0.3, -0.25) is 16.0 Å². The fraction of sp³-hybridized carbons (Fsp3) is 0.400. The monoisotopic (exact) mass is 336 g/mol. The highest BCUT2D eigenvalue weighted by Gasteiger charge is 2.16. The molecule has 0 aliphatic carbocycles. The number of nitrogens with two attached hydrogens (primary N) is 1. The summed E-state index contributed by atoms with van der Waals surface area (Å²) in [5.74, 6) is 5.77. The molecular weight excluding hydrogens is 316 g/mol. The number of hydrogen-bond acceptors (Lipinski definition) is 3. The average Bonchev–Trinajstić information content (AvgIpc) is 2.76. The van der Waals surface area contributed by atoms with Gasteiger partial charge in [0.15, 0.2) is 0 Å². The molecule has 0 spiro atoms. The molecule has 0 bridgehead atoms. The smallest absolute Gasteiger partial charge is 0.0596 e. The van der Waals surface area contributed by atoms with Crippen LogP contribution in [0.3, 0.4) is 0 Å². The van der Waals surface area contributed by atoms with Crippen molar-refractivity contribution in [3.8, 4) is 0 Å². The van der Waals surface area contributed by atoms with E-state index in [2.05, 4.69) is 64.6 Å². The summed E-state index contributed by atoms with van der Waals surface area (Å²) in [6.45, 7) is 7.10. The normalized spacial score (nSPS) is 12.7. The third-order valence-electron chi connectivity index (χ3n) is 3.51. The van der Waals surface area contributed by atoms with Crippen LogP contribution in [0.15, 0.2) is 28.7 Å². The molecule has 4 nitrogen and oxygen atoms in total. The zero-order valence-electron chi connectivity index (χ0n) is 12.2. The van der Waals surface area contributed by atoms with Crippen molar-refractivity contribution in [3.05, 3.63) is 51.3 Å². The molecule has 0 saturated heterocycles. The predicted octanol–water partition coefficient (Wildman–Crippen LogP) is 3.03. The standard InChI is InChI=1S/C15H21BrN4/c1-4-20-13(8-11(3)19-20)9-15(18-17)14-6-5-12(16)7-10(14)2/h5-8,15,18H,4,9,17H2,1-3H3. The molecule has 5 heteroatoms. The van der Waals surface area contributed by atoms with Crippen molar-refractivity contribution in [1.82, 2.24) is 15.2 Å². The van der Waals surface area contributed by atoms with Gasteiger partial charge in [0, 0.05) is 23.1 Å². The minimum Gasteiger partial charge on any atom is -0.271 e. The molecule has 20 heavy (non-hydrogen) atoms. The van der Waals surface area contributed by atoms with E-state index >= 15 is 0 Å². The van der Waals surface area contributed by atoms with Crippen LogP contribution in [-0.4, -0.2) is 9.78 Å². The van der Waals surface area contributed by atoms with Crippen molar-refractivity contribution >= 4 is 15.9 Å². The number of nitrogens with zero attached hydrogens (tertiary/aromatic N) is 2. The third-order valence-corrected chi connectivity index (χ3v) is 4.00. The van der Waals surface area contributed by atoms with E-state index in [0.29, 0.717) is 0 Å². The SMILES string of the molecule is CCn1nc(C)cc1CC(NN)c1ccc(Br)cc1C. The molecule has 0 radical (unpaired) electrons. The number of halogens is 1. The van der Waals surface area contributed by atoms with Crippen molar-refractivity contribution < 1.29 is 0 Å². The highest BCUT2D eigenvalue weighted by molar-refractivity contribution is 9.10. The first-order chi connectivity index (χ1) is 9.55. The largest absolute Gasteiger partial charge is 0.271 e. The Morgan fingerprint density at radius 1 is 1.35 bits per heavy atom. The zero-order valence-corrected chi connectivity index (χ0v) is 13.7. The Balaban J connectivity index is 2.28. The molecule has 0 amide bonds. The summed E-state index contributed by atoms with van der Waals surface area (Å²) >= 11 is 3.49. The fourth-order valence-corrected chi connectivity index (χ4v) is 3.01. The molecule has 0 fully saturated rings. The second-order valence-corrected chi connectivity index (χ2v) is 5.93. The average molecular weight is 337 g/mol. The van der Waals surface area contributed by atoms with Gasteiger partial charge < -0.3 is 0 Å². The number of hydrogen-bond donors (Lipinski definition) is 2. The van der Waals surface area contributed by atoms with Crippen molar-refractivity contribution in [1.29, 1.82) is 0 Å². The van der Waals surface area contributed by atoms with E-state index in [1.54, 1.807) is 0 Å². The summed E-state index contributed by atoms with van der Waals surface area (Å²) in [5.41, 5.74) is 7.63. The van der Waals surface area contributed by atoms with E-state index in [4.69, 9.17) is 5.84 Å². The molecule has 108 valence electrons. The predicted molar refractivity (Wildman–Crippen MR) is 85.3 cm³/mol. The van der Waals surface area contributed by atoms with Crippen molar-refractivity contribution in [3.63, 3.8) is 0 Å². The highest BCUT2D eigenvalue weighted by Crippen LogP contribution is 2.24. The van der Waals surface area contributed by atoms with Crippen LogP contribution in [0.4, 0.5) is 0 Å². The van der Waals surface area contributed by atoms with Gasteiger partial charge in [0.1, 0.15) is 0 Å². The molecule has 0 saturated carbocycles. The summed E-state index contributed by atoms with van der Waals surface area (Å²) < 4.78 is 3.12. The zero-order chi connectivity index (χ0) is 14.7. The van der Waals surface area contributed by atoms with Gasteiger partial charge in [-0.05, 0) is 50.1 Å². The second kappa shape index (κ2) is 6.52. The Labute approximate surface area is 128 Å². The molecule has 1 aromatic carbocycles. The van der Waals surface area contributed by atoms with Crippen LogP contribution in [0.25, 0.3) is 0 Å².